The normalized spacial score (nSPS) is 16.5. The summed E-state index contributed by atoms with van der Waals surface area (Å²) >= 11 is -0.774. The molecule has 2 aliphatic carbocycles. The summed E-state index contributed by atoms with van der Waals surface area (Å²) in [6.07, 6.45) is 5.89. The number of benzene rings is 2. The van der Waals surface area contributed by atoms with Gasteiger partial charge in [-0.1, -0.05) is 0 Å². The molecular weight excluding hydrogens is 558 g/mol. The van der Waals surface area contributed by atoms with Crippen LogP contribution in [0.5, 0.6) is 0 Å². The van der Waals surface area contributed by atoms with Gasteiger partial charge >= 0.3 is 221 Å². The molecule has 0 aromatic heterocycles. The zero-order chi connectivity index (χ0) is 25.0. The summed E-state index contributed by atoms with van der Waals surface area (Å²) in [7, 11) is 0. The van der Waals surface area contributed by atoms with Crippen LogP contribution in [0.4, 0.5) is 0 Å². The second-order valence-corrected chi connectivity index (χ2v) is 17.0. The molecule has 36 heavy (non-hydrogen) atoms. The van der Waals surface area contributed by atoms with Gasteiger partial charge in [0.15, 0.2) is 0 Å². The smallest absolute Gasteiger partial charge is 1.00 e. The Bertz CT molecular complexity index is 1230. The molecule has 0 amide bonds. The Balaban J connectivity index is 0.00000228. The number of allylic oxidation sites excluding steroid dienone is 4. The molecule has 0 spiro atoms. The van der Waals surface area contributed by atoms with Crippen molar-refractivity contribution in [2.45, 2.75) is 103 Å². The average Bonchev–Trinajstić information content (AvgIpc) is 3.30. The predicted molar refractivity (Wildman–Crippen MR) is 148 cm³/mol. The molecule has 1 unspecified atom stereocenters. The first-order valence-corrected chi connectivity index (χ1v) is 15.8. The van der Waals surface area contributed by atoms with Crippen molar-refractivity contribution in [3.8, 4) is 11.1 Å². The Morgan fingerprint density at radius 1 is 0.861 bits per heavy atom. The molecule has 1 atom stereocenters. The first kappa shape index (κ1) is 31.5. The van der Waals surface area contributed by atoms with Crippen LogP contribution in [0.15, 0.2) is 47.6 Å². The maximum Gasteiger partial charge on any atom is -1.00 e. The van der Waals surface area contributed by atoms with E-state index in [0.29, 0.717) is 3.63 Å². The van der Waals surface area contributed by atoms with Crippen LogP contribution in [0.1, 0.15) is 120 Å². The fraction of sp³-hybridized carbons (Fsp3) is 0.485. The van der Waals surface area contributed by atoms with E-state index >= 15 is 0 Å². The summed E-state index contributed by atoms with van der Waals surface area (Å²) in [6, 6.07) is 12.3. The monoisotopic (exact) mass is 599 g/mol. The third-order valence-electron chi connectivity index (χ3n) is 7.63. The van der Waals surface area contributed by atoms with E-state index in [-0.39, 0.29) is 35.6 Å². The van der Waals surface area contributed by atoms with Gasteiger partial charge in [0, 0.05) is 0 Å². The van der Waals surface area contributed by atoms with Gasteiger partial charge in [-0.15, -0.1) is 0 Å². The van der Waals surface area contributed by atoms with Gasteiger partial charge in [-0.3, -0.25) is 0 Å². The van der Waals surface area contributed by atoms with Crippen molar-refractivity contribution < 1.29 is 47.6 Å². The van der Waals surface area contributed by atoms with Crippen LogP contribution in [0.25, 0.3) is 16.7 Å². The number of halogens is 2. The Kier molecular flexibility index (Phi) is 10.1. The number of hydrogen-bond donors (Lipinski definition) is 0. The SMILES string of the molecule is CCC1=CCC(c2c(C(C)(C)C)ccc3c2[CH]([Zr+2]=[C](C)C)c2cc(C(C)(C)C)ccc2-3)=C1CC.[Cl-].[Cl-]. The fourth-order valence-corrected chi connectivity index (χ4v) is 9.41. The molecule has 0 nitrogen and oxygen atoms in total. The molecule has 2 aromatic carbocycles. The molecule has 0 aliphatic heterocycles. The largest absolute Gasteiger partial charge is 1.00 e. The predicted octanol–water partition coefficient (Wildman–Crippen LogP) is 3.56. The van der Waals surface area contributed by atoms with Gasteiger partial charge in [-0.05, 0) is 0 Å². The van der Waals surface area contributed by atoms with E-state index in [1.807, 2.05) is 0 Å². The van der Waals surface area contributed by atoms with Crippen molar-refractivity contribution in [3.05, 3.63) is 75.4 Å². The first-order chi connectivity index (χ1) is 15.9. The van der Waals surface area contributed by atoms with Gasteiger partial charge in [0.2, 0.25) is 0 Å². The number of hydrogen-bond acceptors (Lipinski definition) is 0. The van der Waals surface area contributed by atoms with Crippen LogP contribution >= 0.6 is 0 Å². The molecule has 0 saturated heterocycles. The van der Waals surface area contributed by atoms with Crippen LogP contribution in [-0.2, 0) is 33.6 Å². The van der Waals surface area contributed by atoms with Crippen LogP contribution in [-0.4, -0.2) is 3.21 Å². The van der Waals surface area contributed by atoms with Crippen molar-refractivity contribution in [3.63, 3.8) is 0 Å². The Hall–Kier alpha value is -0.747. The second kappa shape index (κ2) is 11.6. The Morgan fingerprint density at radius 2 is 1.50 bits per heavy atom. The van der Waals surface area contributed by atoms with Gasteiger partial charge < -0.3 is 24.8 Å². The molecule has 0 bridgehead atoms. The van der Waals surface area contributed by atoms with E-state index in [0.717, 1.165) is 19.3 Å². The summed E-state index contributed by atoms with van der Waals surface area (Å²) in [5.41, 5.74) is 16.0. The topological polar surface area (TPSA) is 0 Å². The zero-order valence-corrected chi connectivity index (χ0v) is 27.9. The molecule has 0 radical (unpaired) electrons. The summed E-state index contributed by atoms with van der Waals surface area (Å²) in [6.45, 7) is 23.7. The third kappa shape index (κ3) is 5.65. The van der Waals surface area contributed by atoms with Gasteiger partial charge in [0.05, 0.1) is 0 Å². The zero-order valence-electron chi connectivity index (χ0n) is 23.9. The van der Waals surface area contributed by atoms with Crippen LogP contribution in [0.3, 0.4) is 0 Å². The number of fused-ring (bicyclic) bond motifs is 3. The Morgan fingerprint density at radius 3 is 2.03 bits per heavy atom. The van der Waals surface area contributed by atoms with Crippen molar-refractivity contribution in [1.29, 1.82) is 0 Å². The summed E-state index contributed by atoms with van der Waals surface area (Å²) in [5, 5.41) is 0. The molecule has 2 aromatic rings. The third-order valence-corrected chi connectivity index (χ3v) is 11.2. The quantitative estimate of drug-likeness (QED) is 0.503. The van der Waals surface area contributed by atoms with Crippen molar-refractivity contribution >= 4 is 8.78 Å². The van der Waals surface area contributed by atoms with E-state index in [2.05, 4.69) is 106 Å². The summed E-state index contributed by atoms with van der Waals surface area (Å²) in [5.74, 6) is 0. The van der Waals surface area contributed by atoms with Gasteiger partial charge in [0.1, 0.15) is 0 Å². The van der Waals surface area contributed by atoms with Crippen molar-refractivity contribution in [2.24, 2.45) is 0 Å². The van der Waals surface area contributed by atoms with Crippen molar-refractivity contribution in [1.82, 2.24) is 0 Å². The second-order valence-electron chi connectivity index (χ2n) is 12.4. The number of rotatable bonds is 4. The van der Waals surface area contributed by atoms with E-state index in [4.69, 9.17) is 0 Å². The summed E-state index contributed by atoms with van der Waals surface area (Å²) < 4.78 is 2.29. The molecular formula is C33H43Cl2Zr. The van der Waals surface area contributed by atoms with Crippen LogP contribution in [0.2, 0.25) is 0 Å². The molecule has 0 fully saturated rings. The Labute approximate surface area is 244 Å². The fourth-order valence-electron chi connectivity index (χ4n) is 5.93. The first-order valence-electron chi connectivity index (χ1n) is 13.2. The molecule has 0 heterocycles. The van der Waals surface area contributed by atoms with E-state index in [9.17, 15) is 0 Å². The van der Waals surface area contributed by atoms with Gasteiger partial charge in [-0.2, -0.15) is 0 Å². The molecule has 193 valence electrons. The average molecular weight is 602 g/mol. The standard InChI is InChI=1S/C30H37.C3H6.2ClH.Zr/c1-9-19-11-13-25(22(19)10-2)28-26-18-20-17-21(29(3,4)5)12-14-23(20)24(26)15-16-27(28)30(6,7)8;1-3-2;;;/h11-12,14-18H,9-10,13H2,1-8H3;1-2H3;2*1H;/q;;;;+2/p-2. The molecule has 2 aliphatic rings. The maximum atomic E-state index is 2.57. The molecule has 4 rings (SSSR count). The summed E-state index contributed by atoms with van der Waals surface area (Å²) in [4.78, 5) is 0. The molecule has 0 N–H and O–H groups in total. The maximum absolute atomic E-state index is 2.57. The van der Waals surface area contributed by atoms with Gasteiger partial charge in [-0.25, -0.2) is 0 Å². The molecule has 0 saturated carbocycles. The van der Waals surface area contributed by atoms with E-state index in [1.54, 1.807) is 42.2 Å². The van der Waals surface area contributed by atoms with Crippen molar-refractivity contribution in [2.75, 3.05) is 0 Å². The van der Waals surface area contributed by atoms with E-state index < -0.39 is 22.8 Å². The van der Waals surface area contributed by atoms with E-state index in [1.165, 1.54) is 16.7 Å². The van der Waals surface area contributed by atoms with Crippen LogP contribution < -0.4 is 24.8 Å². The minimum absolute atomic E-state index is 0. The minimum Gasteiger partial charge on any atom is -1.00 e. The van der Waals surface area contributed by atoms with Crippen LogP contribution in [0, 0.1) is 0 Å². The van der Waals surface area contributed by atoms with Gasteiger partial charge in [0.25, 0.3) is 0 Å². The molecule has 3 heteroatoms. The minimum atomic E-state index is -0.774.